The topological polar surface area (TPSA) is 76.8 Å². The van der Waals surface area contributed by atoms with Crippen molar-refractivity contribution in [3.8, 4) is 0 Å². The standard InChI is InChI=1S/C6H14N4S/c1-4(2)9-5(7)10-6(8)11-3/h4H,1-3H3,(H4,7,8,9,10). The van der Waals surface area contributed by atoms with Gasteiger partial charge in [0, 0.05) is 6.04 Å². The number of hydrogen-bond acceptors (Lipinski definition) is 2. The summed E-state index contributed by atoms with van der Waals surface area (Å²) in [6.07, 6.45) is 1.83. The first kappa shape index (κ1) is 10.3. The highest BCUT2D eigenvalue weighted by atomic mass is 32.2. The Balaban J connectivity index is 4.15. The average Bonchev–Trinajstić information content (AvgIpc) is 1.85. The fraction of sp³-hybridized carbons (Fsp3) is 0.667. The van der Waals surface area contributed by atoms with Gasteiger partial charge in [-0.15, -0.1) is 0 Å². The molecule has 0 spiro atoms. The van der Waals surface area contributed by atoms with Gasteiger partial charge in [-0.25, -0.2) is 4.99 Å². The van der Waals surface area contributed by atoms with Gasteiger partial charge in [0.15, 0.2) is 5.17 Å². The number of hydrogen-bond donors (Lipinski definition) is 2. The lowest BCUT2D eigenvalue weighted by Crippen LogP contribution is -2.17. The molecule has 0 fully saturated rings. The predicted octanol–water partition coefficient (Wildman–Crippen LogP) is 0.387. The summed E-state index contributed by atoms with van der Waals surface area (Å²) in [4.78, 5) is 7.80. The number of guanidine groups is 1. The summed E-state index contributed by atoms with van der Waals surface area (Å²) in [6, 6.07) is 0.161. The second-order valence-electron chi connectivity index (χ2n) is 2.24. The zero-order valence-electron chi connectivity index (χ0n) is 7.03. The third kappa shape index (κ3) is 5.72. The highest BCUT2D eigenvalue weighted by Gasteiger charge is 1.92. The largest absolute Gasteiger partial charge is 0.378 e. The van der Waals surface area contributed by atoms with Crippen LogP contribution in [0.15, 0.2) is 9.98 Å². The molecule has 0 aliphatic heterocycles. The van der Waals surface area contributed by atoms with E-state index < -0.39 is 0 Å². The van der Waals surface area contributed by atoms with E-state index in [-0.39, 0.29) is 12.0 Å². The van der Waals surface area contributed by atoms with Gasteiger partial charge in [0.05, 0.1) is 0 Å². The van der Waals surface area contributed by atoms with Crippen LogP contribution in [0.25, 0.3) is 0 Å². The van der Waals surface area contributed by atoms with Crippen LogP contribution in [-0.2, 0) is 0 Å². The first-order valence-corrected chi connectivity index (χ1v) is 4.50. The summed E-state index contributed by atoms with van der Waals surface area (Å²) >= 11 is 1.35. The van der Waals surface area contributed by atoms with Gasteiger partial charge < -0.3 is 11.5 Å². The lowest BCUT2D eigenvalue weighted by atomic mass is 10.4. The SMILES string of the molecule is CSC(N)=NC(N)=NC(C)C. The van der Waals surface area contributed by atoms with Crippen molar-refractivity contribution in [2.75, 3.05) is 6.26 Å². The lowest BCUT2D eigenvalue weighted by molar-refractivity contribution is 0.832. The Morgan fingerprint density at radius 2 is 1.91 bits per heavy atom. The minimum absolute atomic E-state index is 0.161. The molecule has 0 unspecified atom stereocenters. The molecule has 5 heteroatoms. The monoisotopic (exact) mass is 174 g/mol. The van der Waals surface area contributed by atoms with Gasteiger partial charge in [0.25, 0.3) is 0 Å². The number of nitrogens with two attached hydrogens (primary N) is 2. The van der Waals surface area contributed by atoms with Crippen molar-refractivity contribution in [3.05, 3.63) is 0 Å². The Hall–Kier alpha value is -0.710. The van der Waals surface area contributed by atoms with Crippen molar-refractivity contribution in [2.24, 2.45) is 21.5 Å². The predicted molar refractivity (Wildman–Crippen MR) is 51.9 cm³/mol. The first-order valence-electron chi connectivity index (χ1n) is 3.27. The summed E-state index contributed by atoms with van der Waals surface area (Å²) in [5.74, 6) is 0.242. The van der Waals surface area contributed by atoms with Crippen LogP contribution in [0.2, 0.25) is 0 Å². The van der Waals surface area contributed by atoms with Crippen molar-refractivity contribution >= 4 is 22.9 Å². The lowest BCUT2D eigenvalue weighted by Gasteiger charge is -1.97. The fourth-order valence-electron chi connectivity index (χ4n) is 0.452. The molecule has 0 aromatic heterocycles. The van der Waals surface area contributed by atoms with Crippen molar-refractivity contribution in [3.63, 3.8) is 0 Å². The molecule has 0 aromatic carbocycles. The van der Waals surface area contributed by atoms with Gasteiger partial charge >= 0.3 is 0 Å². The highest BCUT2D eigenvalue weighted by Crippen LogP contribution is 1.92. The van der Waals surface area contributed by atoms with Gasteiger partial charge in [-0.3, -0.25) is 0 Å². The fourth-order valence-corrected chi connectivity index (χ4v) is 0.637. The summed E-state index contributed by atoms with van der Waals surface area (Å²) in [7, 11) is 0. The maximum atomic E-state index is 5.42. The number of thioether (sulfide) groups is 1. The molecule has 4 N–H and O–H groups in total. The smallest absolute Gasteiger partial charge is 0.217 e. The van der Waals surface area contributed by atoms with Crippen LogP contribution >= 0.6 is 11.8 Å². The van der Waals surface area contributed by atoms with E-state index in [1.807, 2.05) is 20.1 Å². The molecule has 0 radical (unpaired) electrons. The molecule has 0 atom stereocenters. The number of aliphatic imine (C=N–C) groups is 2. The van der Waals surface area contributed by atoms with Crippen LogP contribution < -0.4 is 11.5 Å². The second-order valence-corrected chi connectivity index (χ2v) is 3.06. The van der Waals surface area contributed by atoms with Crippen molar-refractivity contribution in [1.82, 2.24) is 0 Å². The van der Waals surface area contributed by atoms with Crippen molar-refractivity contribution in [1.29, 1.82) is 0 Å². The summed E-state index contributed by atoms with van der Waals surface area (Å²) < 4.78 is 0. The minimum atomic E-state index is 0.161. The van der Waals surface area contributed by atoms with Crippen LogP contribution in [0.1, 0.15) is 13.8 Å². The van der Waals surface area contributed by atoms with E-state index in [9.17, 15) is 0 Å². The van der Waals surface area contributed by atoms with Crippen LogP contribution in [-0.4, -0.2) is 23.4 Å². The van der Waals surface area contributed by atoms with Crippen molar-refractivity contribution in [2.45, 2.75) is 19.9 Å². The molecule has 64 valence electrons. The minimum Gasteiger partial charge on any atom is -0.378 e. The van der Waals surface area contributed by atoms with Crippen LogP contribution in [0.3, 0.4) is 0 Å². The molecule has 0 saturated carbocycles. The molecule has 0 heterocycles. The maximum absolute atomic E-state index is 5.42. The molecule has 0 aliphatic rings. The van der Waals surface area contributed by atoms with Crippen molar-refractivity contribution < 1.29 is 0 Å². The van der Waals surface area contributed by atoms with Gasteiger partial charge in [0.2, 0.25) is 5.96 Å². The molecule has 0 amide bonds. The van der Waals surface area contributed by atoms with Crippen LogP contribution in [0.5, 0.6) is 0 Å². The Labute approximate surface area is 71.2 Å². The van der Waals surface area contributed by atoms with Crippen LogP contribution in [0.4, 0.5) is 0 Å². The third-order valence-corrected chi connectivity index (χ3v) is 1.33. The van der Waals surface area contributed by atoms with Crippen LogP contribution in [0, 0.1) is 0 Å². The first-order chi connectivity index (χ1) is 5.06. The molecular formula is C6H14N4S. The van der Waals surface area contributed by atoms with Gasteiger partial charge in [-0.2, -0.15) is 4.99 Å². The molecule has 0 saturated heterocycles. The zero-order valence-corrected chi connectivity index (χ0v) is 7.85. The number of amidine groups is 1. The Kier molecular flexibility index (Phi) is 4.69. The molecule has 0 bridgehead atoms. The summed E-state index contributed by atoms with van der Waals surface area (Å²) in [5.41, 5.74) is 10.8. The van der Waals surface area contributed by atoms with Gasteiger partial charge in [-0.05, 0) is 20.1 Å². The summed E-state index contributed by atoms with van der Waals surface area (Å²) in [5, 5.41) is 0.437. The quantitative estimate of drug-likeness (QED) is 0.446. The average molecular weight is 174 g/mol. The van der Waals surface area contributed by atoms with E-state index in [1.165, 1.54) is 11.8 Å². The third-order valence-electron chi connectivity index (χ3n) is 0.824. The Bertz CT molecular complexity index is 173. The molecule has 0 aromatic rings. The molecular weight excluding hydrogens is 160 g/mol. The number of rotatable bonds is 1. The maximum Gasteiger partial charge on any atom is 0.217 e. The van der Waals surface area contributed by atoms with Gasteiger partial charge in [-0.1, -0.05) is 11.8 Å². The van der Waals surface area contributed by atoms with E-state index in [1.54, 1.807) is 0 Å². The van der Waals surface area contributed by atoms with E-state index in [0.29, 0.717) is 5.17 Å². The molecule has 4 nitrogen and oxygen atoms in total. The van der Waals surface area contributed by atoms with E-state index in [4.69, 9.17) is 11.5 Å². The summed E-state index contributed by atoms with van der Waals surface area (Å²) in [6.45, 7) is 3.86. The Morgan fingerprint density at radius 1 is 1.36 bits per heavy atom. The second kappa shape index (κ2) is 5.01. The highest BCUT2D eigenvalue weighted by molar-refractivity contribution is 8.13. The van der Waals surface area contributed by atoms with E-state index in [2.05, 4.69) is 9.98 Å². The van der Waals surface area contributed by atoms with E-state index >= 15 is 0 Å². The molecule has 0 aliphatic carbocycles. The zero-order chi connectivity index (χ0) is 8.85. The van der Waals surface area contributed by atoms with Gasteiger partial charge in [0.1, 0.15) is 0 Å². The molecule has 11 heavy (non-hydrogen) atoms. The Morgan fingerprint density at radius 3 is 2.27 bits per heavy atom. The molecule has 0 rings (SSSR count). The van der Waals surface area contributed by atoms with E-state index in [0.717, 1.165) is 0 Å². The number of nitrogens with zero attached hydrogens (tertiary/aromatic N) is 2. The normalized spacial score (nSPS) is 14.2.